The zero-order valence-electron chi connectivity index (χ0n) is 12.8. The lowest BCUT2D eigenvalue weighted by Crippen LogP contribution is -2.38. The summed E-state index contributed by atoms with van der Waals surface area (Å²) in [5.41, 5.74) is 2.63. The van der Waals surface area contributed by atoms with E-state index in [0.717, 1.165) is 11.1 Å². The number of carbonyl (C=O) groups excluding carboxylic acids is 2. The van der Waals surface area contributed by atoms with Crippen molar-refractivity contribution in [3.8, 4) is 0 Å². The van der Waals surface area contributed by atoms with Crippen LogP contribution >= 0.6 is 11.6 Å². The molecule has 1 atom stereocenters. The molecule has 2 aromatic carbocycles. The van der Waals surface area contributed by atoms with Crippen LogP contribution in [-0.4, -0.2) is 23.3 Å². The first kappa shape index (κ1) is 15.6. The summed E-state index contributed by atoms with van der Waals surface area (Å²) in [7, 11) is 0. The molecule has 5 heteroatoms. The van der Waals surface area contributed by atoms with Crippen molar-refractivity contribution in [3.63, 3.8) is 0 Å². The van der Waals surface area contributed by atoms with Crippen LogP contribution in [0, 0.1) is 0 Å². The first-order chi connectivity index (χ1) is 11.0. The van der Waals surface area contributed by atoms with E-state index >= 15 is 0 Å². The van der Waals surface area contributed by atoms with Crippen molar-refractivity contribution < 1.29 is 9.59 Å². The van der Waals surface area contributed by atoms with Gasteiger partial charge in [-0.2, -0.15) is 0 Å². The molecule has 0 radical (unpaired) electrons. The van der Waals surface area contributed by atoms with Gasteiger partial charge in [-0.15, -0.1) is 0 Å². The SMILES string of the molecule is C[C@H](NC(=O)CN1Cc2ccccc2C1=O)c1ccc(Cl)cc1. The minimum absolute atomic E-state index is 0.0610. The van der Waals surface area contributed by atoms with Gasteiger partial charge in [-0.05, 0) is 36.2 Å². The highest BCUT2D eigenvalue weighted by Crippen LogP contribution is 2.22. The quantitative estimate of drug-likeness (QED) is 0.937. The van der Waals surface area contributed by atoms with E-state index in [2.05, 4.69) is 5.32 Å². The van der Waals surface area contributed by atoms with Crippen LogP contribution in [-0.2, 0) is 11.3 Å². The predicted octanol–water partition coefficient (Wildman–Crippen LogP) is 3.17. The van der Waals surface area contributed by atoms with Gasteiger partial charge in [-0.1, -0.05) is 41.9 Å². The molecule has 1 N–H and O–H groups in total. The number of hydrogen-bond donors (Lipinski definition) is 1. The first-order valence-electron chi connectivity index (χ1n) is 7.46. The molecule has 0 unspecified atom stereocenters. The van der Waals surface area contributed by atoms with Crippen molar-refractivity contribution in [3.05, 3.63) is 70.2 Å². The number of benzene rings is 2. The fourth-order valence-electron chi connectivity index (χ4n) is 2.74. The molecule has 0 saturated heterocycles. The average Bonchev–Trinajstić information content (AvgIpc) is 2.84. The number of carbonyl (C=O) groups is 2. The summed E-state index contributed by atoms with van der Waals surface area (Å²) in [6.07, 6.45) is 0. The zero-order valence-corrected chi connectivity index (χ0v) is 13.5. The molecule has 1 heterocycles. The summed E-state index contributed by atoms with van der Waals surface area (Å²) < 4.78 is 0. The molecule has 2 aromatic rings. The molecule has 0 aliphatic carbocycles. The van der Waals surface area contributed by atoms with E-state index in [1.807, 2.05) is 37.3 Å². The Kier molecular flexibility index (Phi) is 4.35. The molecule has 0 spiro atoms. The van der Waals surface area contributed by atoms with E-state index in [-0.39, 0.29) is 24.4 Å². The second-order valence-electron chi connectivity index (χ2n) is 5.66. The summed E-state index contributed by atoms with van der Waals surface area (Å²) in [5.74, 6) is -0.261. The third-order valence-corrected chi connectivity index (χ3v) is 4.23. The number of halogens is 1. The fourth-order valence-corrected chi connectivity index (χ4v) is 2.86. The monoisotopic (exact) mass is 328 g/mol. The number of fused-ring (bicyclic) bond motifs is 1. The fraction of sp³-hybridized carbons (Fsp3) is 0.222. The van der Waals surface area contributed by atoms with Crippen molar-refractivity contribution in [2.75, 3.05) is 6.54 Å². The highest BCUT2D eigenvalue weighted by atomic mass is 35.5. The molecule has 23 heavy (non-hydrogen) atoms. The minimum Gasteiger partial charge on any atom is -0.348 e. The van der Waals surface area contributed by atoms with Crippen molar-refractivity contribution >= 4 is 23.4 Å². The van der Waals surface area contributed by atoms with Gasteiger partial charge in [0.2, 0.25) is 5.91 Å². The molecule has 0 fully saturated rings. The topological polar surface area (TPSA) is 49.4 Å². The Morgan fingerprint density at radius 2 is 1.91 bits per heavy atom. The third-order valence-electron chi connectivity index (χ3n) is 3.98. The molecule has 0 saturated carbocycles. The van der Waals surface area contributed by atoms with Crippen LogP contribution < -0.4 is 5.32 Å². The maximum absolute atomic E-state index is 12.3. The van der Waals surface area contributed by atoms with Gasteiger partial charge in [0.05, 0.1) is 6.04 Å². The Bertz CT molecular complexity index is 743. The maximum Gasteiger partial charge on any atom is 0.254 e. The van der Waals surface area contributed by atoms with Crippen LogP contribution in [0.1, 0.15) is 34.5 Å². The lowest BCUT2D eigenvalue weighted by Gasteiger charge is -2.18. The van der Waals surface area contributed by atoms with Crippen molar-refractivity contribution in [1.29, 1.82) is 0 Å². The number of hydrogen-bond acceptors (Lipinski definition) is 2. The zero-order chi connectivity index (χ0) is 16.4. The van der Waals surface area contributed by atoms with Crippen LogP contribution in [0.25, 0.3) is 0 Å². The lowest BCUT2D eigenvalue weighted by atomic mass is 10.1. The van der Waals surface area contributed by atoms with Gasteiger partial charge in [0.1, 0.15) is 6.54 Å². The standard InChI is InChI=1S/C18H17ClN2O2/c1-12(13-6-8-15(19)9-7-13)20-17(22)11-21-10-14-4-2-3-5-16(14)18(21)23/h2-9,12H,10-11H2,1H3,(H,20,22)/t12-/m0/s1. The number of rotatable bonds is 4. The van der Waals surface area contributed by atoms with E-state index in [1.54, 1.807) is 23.1 Å². The number of nitrogens with one attached hydrogen (secondary N) is 1. The Morgan fingerprint density at radius 1 is 1.22 bits per heavy atom. The molecule has 0 bridgehead atoms. The number of amides is 2. The molecule has 1 aliphatic heterocycles. The van der Waals surface area contributed by atoms with Gasteiger partial charge in [0.15, 0.2) is 0 Å². The summed E-state index contributed by atoms with van der Waals surface area (Å²) in [4.78, 5) is 26.0. The Balaban J connectivity index is 1.60. The van der Waals surface area contributed by atoms with Crippen molar-refractivity contribution in [2.45, 2.75) is 19.5 Å². The normalized spacial score (nSPS) is 14.5. The van der Waals surface area contributed by atoms with E-state index in [4.69, 9.17) is 11.6 Å². The molecule has 1 aliphatic rings. The van der Waals surface area contributed by atoms with E-state index < -0.39 is 0 Å². The summed E-state index contributed by atoms with van der Waals surface area (Å²) >= 11 is 5.86. The van der Waals surface area contributed by atoms with Gasteiger partial charge in [0.25, 0.3) is 5.91 Å². The van der Waals surface area contributed by atoms with Crippen LogP contribution in [0.4, 0.5) is 0 Å². The highest BCUT2D eigenvalue weighted by molar-refractivity contribution is 6.30. The second kappa shape index (κ2) is 6.42. The number of nitrogens with zero attached hydrogens (tertiary/aromatic N) is 1. The average molecular weight is 329 g/mol. The van der Waals surface area contributed by atoms with Crippen molar-refractivity contribution in [2.24, 2.45) is 0 Å². The third kappa shape index (κ3) is 3.37. The highest BCUT2D eigenvalue weighted by Gasteiger charge is 2.28. The van der Waals surface area contributed by atoms with E-state index in [0.29, 0.717) is 17.1 Å². The van der Waals surface area contributed by atoms with Gasteiger partial charge in [0, 0.05) is 17.1 Å². The molecule has 3 rings (SSSR count). The summed E-state index contributed by atoms with van der Waals surface area (Å²) in [6.45, 7) is 2.45. The summed E-state index contributed by atoms with van der Waals surface area (Å²) in [5, 5.41) is 3.57. The van der Waals surface area contributed by atoms with Crippen LogP contribution in [0.3, 0.4) is 0 Å². The Labute approximate surface area is 140 Å². The van der Waals surface area contributed by atoms with E-state index in [9.17, 15) is 9.59 Å². The predicted molar refractivity (Wildman–Crippen MR) is 89.2 cm³/mol. The Morgan fingerprint density at radius 3 is 2.61 bits per heavy atom. The lowest BCUT2D eigenvalue weighted by molar-refractivity contribution is -0.122. The second-order valence-corrected chi connectivity index (χ2v) is 6.10. The molecule has 0 aromatic heterocycles. The first-order valence-corrected chi connectivity index (χ1v) is 7.84. The molecule has 118 valence electrons. The van der Waals surface area contributed by atoms with Crippen LogP contribution in [0.15, 0.2) is 48.5 Å². The smallest absolute Gasteiger partial charge is 0.254 e. The van der Waals surface area contributed by atoms with Gasteiger partial charge in [-0.3, -0.25) is 9.59 Å². The Hall–Kier alpha value is -2.33. The van der Waals surface area contributed by atoms with Crippen molar-refractivity contribution in [1.82, 2.24) is 10.2 Å². The van der Waals surface area contributed by atoms with Gasteiger partial charge in [-0.25, -0.2) is 0 Å². The van der Waals surface area contributed by atoms with Crippen LogP contribution in [0.2, 0.25) is 5.02 Å². The largest absolute Gasteiger partial charge is 0.348 e. The molecular formula is C18H17ClN2O2. The molecular weight excluding hydrogens is 312 g/mol. The van der Waals surface area contributed by atoms with Gasteiger partial charge < -0.3 is 10.2 Å². The minimum atomic E-state index is -0.173. The van der Waals surface area contributed by atoms with E-state index in [1.165, 1.54) is 0 Å². The molecule has 4 nitrogen and oxygen atoms in total. The van der Waals surface area contributed by atoms with Gasteiger partial charge >= 0.3 is 0 Å². The molecule has 2 amide bonds. The maximum atomic E-state index is 12.3. The summed E-state index contributed by atoms with van der Waals surface area (Å²) in [6, 6.07) is 14.7. The van der Waals surface area contributed by atoms with Crippen LogP contribution in [0.5, 0.6) is 0 Å².